The molecule has 0 spiro atoms. The average molecular weight is 237 g/mol. The normalized spacial score (nSPS) is 15.2. The Morgan fingerprint density at radius 3 is 2.47 bits per heavy atom. The van der Waals surface area contributed by atoms with E-state index in [4.69, 9.17) is 0 Å². The van der Waals surface area contributed by atoms with E-state index in [1.54, 1.807) is 5.57 Å². The van der Waals surface area contributed by atoms with Crippen molar-refractivity contribution in [2.24, 2.45) is 0 Å². The lowest BCUT2D eigenvalue weighted by Crippen LogP contribution is -2.16. The van der Waals surface area contributed by atoms with Gasteiger partial charge in [-0.25, -0.2) is 0 Å². The van der Waals surface area contributed by atoms with Crippen molar-refractivity contribution in [3.05, 3.63) is 11.6 Å². The Kier molecular flexibility index (Phi) is 9.40. The van der Waals surface area contributed by atoms with E-state index in [1.165, 1.54) is 83.7 Å². The van der Waals surface area contributed by atoms with Gasteiger partial charge in [-0.1, -0.05) is 57.1 Å². The van der Waals surface area contributed by atoms with E-state index in [9.17, 15) is 0 Å². The SMILES string of the molecule is CCCCCCCCCNCCC1=CCCC1. The molecule has 0 saturated carbocycles. The molecule has 1 aliphatic rings. The van der Waals surface area contributed by atoms with Crippen molar-refractivity contribution < 1.29 is 0 Å². The summed E-state index contributed by atoms with van der Waals surface area (Å²) in [5, 5.41) is 3.57. The van der Waals surface area contributed by atoms with Crippen molar-refractivity contribution in [1.82, 2.24) is 5.32 Å². The van der Waals surface area contributed by atoms with E-state index in [-0.39, 0.29) is 0 Å². The Labute approximate surface area is 108 Å². The third-order valence-electron chi connectivity index (χ3n) is 3.72. The van der Waals surface area contributed by atoms with Crippen LogP contribution in [0, 0.1) is 0 Å². The quantitative estimate of drug-likeness (QED) is 0.401. The first-order valence-electron chi connectivity index (χ1n) is 7.82. The van der Waals surface area contributed by atoms with Crippen molar-refractivity contribution in [2.45, 2.75) is 77.6 Å². The van der Waals surface area contributed by atoms with Crippen LogP contribution in [-0.4, -0.2) is 13.1 Å². The molecule has 0 aromatic carbocycles. The summed E-state index contributed by atoms with van der Waals surface area (Å²) in [6, 6.07) is 0. The molecular weight excluding hydrogens is 206 g/mol. The highest BCUT2D eigenvalue weighted by Gasteiger charge is 2.02. The fraction of sp³-hybridized carbons (Fsp3) is 0.875. The fourth-order valence-electron chi connectivity index (χ4n) is 2.55. The van der Waals surface area contributed by atoms with Crippen LogP contribution in [0.4, 0.5) is 0 Å². The fourth-order valence-corrected chi connectivity index (χ4v) is 2.55. The lowest BCUT2D eigenvalue weighted by molar-refractivity contribution is 0.562. The first kappa shape index (κ1) is 14.8. The van der Waals surface area contributed by atoms with E-state index in [1.807, 2.05) is 0 Å². The zero-order chi connectivity index (χ0) is 12.2. The Bertz CT molecular complexity index is 196. The monoisotopic (exact) mass is 237 g/mol. The van der Waals surface area contributed by atoms with Crippen LogP contribution in [0.5, 0.6) is 0 Å². The molecule has 0 aromatic rings. The second kappa shape index (κ2) is 10.8. The minimum absolute atomic E-state index is 1.20. The molecule has 1 aliphatic carbocycles. The number of unbranched alkanes of at least 4 members (excludes halogenated alkanes) is 6. The predicted octanol–water partition coefficient (Wildman–Crippen LogP) is 4.83. The molecule has 0 radical (unpaired) electrons. The zero-order valence-electron chi connectivity index (χ0n) is 11.8. The summed E-state index contributed by atoms with van der Waals surface area (Å²) in [5.74, 6) is 0. The van der Waals surface area contributed by atoms with Gasteiger partial charge in [0.1, 0.15) is 0 Å². The largest absolute Gasteiger partial charge is 0.316 e. The van der Waals surface area contributed by atoms with E-state index in [0.29, 0.717) is 0 Å². The summed E-state index contributed by atoms with van der Waals surface area (Å²) >= 11 is 0. The van der Waals surface area contributed by atoms with Crippen LogP contribution in [0.25, 0.3) is 0 Å². The summed E-state index contributed by atoms with van der Waals surface area (Å²) in [5.41, 5.74) is 1.69. The summed E-state index contributed by atoms with van der Waals surface area (Å²) in [4.78, 5) is 0. The summed E-state index contributed by atoms with van der Waals surface area (Å²) < 4.78 is 0. The van der Waals surface area contributed by atoms with E-state index in [0.717, 1.165) is 0 Å². The number of allylic oxidation sites excluding steroid dienone is 1. The van der Waals surface area contributed by atoms with Gasteiger partial charge in [0.25, 0.3) is 0 Å². The number of rotatable bonds is 11. The molecule has 17 heavy (non-hydrogen) atoms. The summed E-state index contributed by atoms with van der Waals surface area (Å²) in [7, 11) is 0. The molecule has 0 heterocycles. The van der Waals surface area contributed by atoms with Crippen LogP contribution in [-0.2, 0) is 0 Å². The zero-order valence-corrected chi connectivity index (χ0v) is 11.8. The maximum absolute atomic E-state index is 3.57. The summed E-state index contributed by atoms with van der Waals surface area (Å²) in [6.07, 6.45) is 17.7. The van der Waals surface area contributed by atoms with Gasteiger partial charge in [0.15, 0.2) is 0 Å². The molecule has 100 valence electrons. The van der Waals surface area contributed by atoms with Gasteiger partial charge < -0.3 is 5.32 Å². The molecule has 0 amide bonds. The third kappa shape index (κ3) is 8.43. The smallest absolute Gasteiger partial charge is 0.00116 e. The van der Waals surface area contributed by atoms with Crippen molar-refractivity contribution in [3.63, 3.8) is 0 Å². The topological polar surface area (TPSA) is 12.0 Å². The van der Waals surface area contributed by atoms with Crippen molar-refractivity contribution >= 4 is 0 Å². The van der Waals surface area contributed by atoms with Crippen LogP contribution in [0.2, 0.25) is 0 Å². The van der Waals surface area contributed by atoms with Gasteiger partial charge in [0, 0.05) is 0 Å². The van der Waals surface area contributed by atoms with Crippen LogP contribution in [0.3, 0.4) is 0 Å². The van der Waals surface area contributed by atoms with Gasteiger partial charge in [0.05, 0.1) is 0 Å². The van der Waals surface area contributed by atoms with Gasteiger partial charge in [-0.15, -0.1) is 0 Å². The highest BCUT2D eigenvalue weighted by atomic mass is 14.8. The van der Waals surface area contributed by atoms with Gasteiger partial charge in [-0.3, -0.25) is 0 Å². The maximum Gasteiger partial charge on any atom is -0.00116 e. The Morgan fingerprint density at radius 2 is 1.76 bits per heavy atom. The number of nitrogens with one attached hydrogen (secondary N) is 1. The van der Waals surface area contributed by atoms with Crippen LogP contribution < -0.4 is 5.32 Å². The van der Waals surface area contributed by atoms with Crippen molar-refractivity contribution in [1.29, 1.82) is 0 Å². The lowest BCUT2D eigenvalue weighted by Gasteiger charge is -2.05. The first-order chi connectivity index (χ1) is 8.43. The third-order valence-corrected chi connectivity index (χ3v) is 3.72. The molecule has 0 fully saturated rings. The standard InChI is InChI=1S/C16H31N/c1-2-3-4-5-6-7-10-14-17-15-13-16-11-8-9-12-16/h11,17H,2-10,12-15H2,1H3. The molecule has 1 N–H and O–H groups in total. The van der Waals surface area contributed by atoms with E-state index >= 15 is 0 Å². The Balaban J connectivity index is 1.72. The Morgan fingerprint density at radius 1 is 1.00 bits per heavy atom. The van der Waals surface area contributed by atoms with Crippen molar-refractivity contribution in [2.75, 3.05) is 13.1 Å². The minimum atomic E-state index is 1.20. The molecule has 1 nitrogen and oxygen atoms in total. The van der Waals surface area contributed by atoms with Crippen molar-refractivity contribution in [3.8, 4) is 0 Å². The molecule has 0 saturated heterocycles. The molecule has 0 atom stereocenters. The van der Waals surface area contributed by atoms with Crippen LogP contribution in [0.1, 0.15) is 77.6 Å². The van der Waals surface area contributed by atoms with E-state index < -0.39 is 0 Å². The van der Waals surface area contributed by atoms with Crippen LogP contribution >= 0.6 is 0 Å². The number of hydrogen-bond acceptors (Lipinski definition) is 1. The average Bonchev–Trinajstić information content (AvgIpc) is 2.85. The molecule has 0 aliphatic heterocycles. The minimum Gasteiger partial charge on any atom is -0.316 e. The van der Waals surface area contributed by atoms with Gasteiger partial charge in [0.2, 0.25) is 0 Å². The van der Waals surface area contributed by atoms with E-state index in [2.05, 4.69) is 18.3 Å². The lowest BCUT2D eigenvalue weighted by atomic mass is 10.1. The Hall–Kier alpha value is -0.300. The summed E-state index contributed by atoms with van der Waals surface area (Å²) in [6.45, 7) is 4.70. The van der Waals surface area contributed by atoms with Gasteiger partial charge in [-0.2, -0.15) is 0 Å². The first-order valence-corrected chi connectivity index (χ1v) is 7.82. The second-order valence-corrected chi connectivity index (χ2v) is 5.38. The van der Waals surface area contributed by atoms with Gasteiger partial charge in [-0.05, 0) is 45.2 Å². The van der Waals surface area contributed by atoms with Crippen LogP contribution in [0.15, 0.2) is 11.6 Å². The number of hydrogen-bond donors (Lipinski definition) is 1. The molecule has 0 bridgehead atoms. The molecule has 0 unspecified atom stereocenters. The second-order valence-electron chi connectivity index (χ2n) is 5.38. The molecule has 1 rings (SSSR count). The highest BCUT2D eigenvalue weighted by molar-refractivity contribution is 5.07. The molecule has 0 aromatic heterocycles. The highest BCUT2D eigenvalue weighted by Crippen LogP contribution is 2.19. The maximum atomic E-state index is 3.57. The molecule has 1 heteroatoms. The molecular formula is C16H31N. The predicted molar refractivity (Wildman–Crippen MR) is 77.4 cm³/mol. The van der Waals surface area contributed by atoms with Gasteiger partial charge >= 0.3 is 0 Å².